The predicted octanol–water partition coefficient (Wildman–Crippen LogP) is 2.46. The minimum absolute atomic E-state index is 0.256. The van der Waals surface area contributed by atoms with E-state index in [4.69, 9.17) is 0 Å². The van der Waals surface area contributed by atoms with E-state index in [1.807, 2.05) is 44.8 Å². The maximum Gasteiger partial charge on any atom is 0.0945 e. The molecule has 2 rings (SSSR count). The van der Waals surface area contributed by atoms with Crippen LogP contribution >= 0.6 is 0 Å². The molecule has 0 aliphatic heterocycles. The standard InChI is InChI=1S/C14H21N3O/c1-12(2)14(18)13-4-8-16(10-13)6-3-7-17-9-5-15-11-17/h4-5,8-12,14,18H,3,6-7H2,1-2H3. The van der Waals surface area contributed by atoms with Crippen molar-refractivity contribution in [1.82, 2.24) is 14.1 Å². The third-order valence-electron chi connectivity index (χ3n) is 3.14. The monoisotopic (exact) mass is 247 g/mol. The second-order valence-corrected chi connectivity index (χ2v) is 5.03. The van der Waals surface area contributed by atoms with Gasteiger partial charge >= 0.3 is 0 Å². The highest BCUT2D eigenvalue weighted by atomic mass is 16.3. The van der Waals surface area contributed by atoms with Gasteiger partial charge < -0.3 is 14.2 Å². The second kappa shape index (κ2) is 5.87. The van der Waals surface area contributed by atoms with Gasteiger partial charge in [0.15, 0.2) is 0 Å². The van der Waals surface area contributed by atoms with Gasteiger partial charge in [-0.15, -0.1) is 0 Å². The molecule has 2 heterocycles. The van der Waals surface area contributed by atoms with Gasteiger partial charge in [0.2, 0.25) is 0 Å². The summed E-state index contributed by atoms with van der Waals surface area (Å²) in [6.07, 6.45) is 10.4. The molecule has 2 aromatic heterocycles. The normalized spacial score (nSPS) is 13.1. The van der Waals surface area contributed by atoms with Crippen LogP contribution in [-0.4, -0.2) is 19.2 Å². The molecular weight excluding hydrogens is 226 g/mol. The van der Waals surface area contributed by atoms with Crippen LogP contribution in [0.15, 0.2) is 37.2 Å². The number of nitrogens with zero attached hydrogens (tertiary/aromatic N) is 3. The summed E-state index contributed by atoms with van der Waals surface area (Å²) in [5.41, 5.74) is 1.01. The van der Waals surface area contributed by atoms with Crippen molar-refractivity contribution in [3.05, 3.63) is 42.7 Å². The summed E-state index contributed by atoms with van der Waals surface area (Å²) in [4.78, 5) is 4.02. The van der Waals surface area contributed by atoms with Crippen molar-refractivity contribution >= 4 is 0 Å². The number of aryl methyl sites for hydroxylation is 2. The largest absolute Gasteiger partial charge is 0.388 e. The number of hydrogen-bond acceptors (Lipinski definition) is 2. The molecule has 0 radical (unpaired) electrons. The molecule has 0 spiro atoms. The van der Waals surface area contributed by atoms with Gasteiger partial charge in [-0.1, -0.05) is 13.8 Å². The summed E-state index contributed by atoms with van der Waals surface area (Å²) in [7, 11) is 0. The van der Waals surface area contributed by atoms with Crippen LogP contribution < -0.4 is 0 Å². The van der Waals surface area contributed by atoms with E-state index in [0.717, 1.165) is 25.1 Å². The molecule has 0 fully saturated rings. The number of aliphatic hydroxyl groups is 1. The van der Waals surface area contributed by atoms with Crippen LogP contribution in [0, 0.1) is 5.92 Å². The van der Waals surface area contributed by atoms with Crippen molar-refractivity contribution in [1.29, 1.82) is 0 Å². The summed E-state index contributed by atoms with van der Waals surface area (Å²) in [5, 5.41) is 9.96. The highest BCUT2D eigenvalue weighted by Gasteiger charge is 2.12. The molecular formula is C14H21N3O. The van der Waals surface area contributed by atoms with Crippen LogP contribution in [0.3, 0.4) is 0 Å². The van der Waals surface area contributed by atoms with Gasteiger partial charge in [-0.3, -0.25) is 0 Å². The van der Waals surface area contributed by atoms with E-state index in [9.17, 15) is 5.11 Å². The third kappa shape index (κ3) is 3.23. The summed E-state index contributed by atoms with van der Waals surface area (Å²) >= 11 is 0. The fourth-order valence-corrected chi connectivity index (χ4v) is 2.01. The predicted molar refractivity (Wildman–Crippen MR) is 71.1 cm³/mol. The van der Waals surface area contributed by atoms with E-state index in [0.29, 0.717) is 0 Å². The first-order chi connectivity index (χ1) is 8.66. The number of aliphatic hydroxyl groups excluding tert-OH is 1. The van der Waals surface area contributed by atoms with Crippen LogP contribution in [0.2, 0.25) is 0 Å². The lowest BCUT2D eigenvalue weighted by atomic mass is 10.0. The molecule has 2 aromatic rings. The molecule has 1 N–H and O–H groups in total. The highest BCUT2D eigenvalue weighted by Crippen LogP contribution is 2.21. The first-order valence-corrected chi connectivity index (χ1v) is 6.46. The zero-order chi connectivity index (χ0) is 13.0. The molecule has 0 saturated carbocycles. The summed E-state index contributed by atoms with van der Waals surface area (Å²) in [6, 6.07) is 2.00. The van der Waals surface area contributed by atoms with Gasteiger partial charge in [0.05, 0.1) is 12.4 Å². The van der Waals surface area contributed by atoms with Crippen molar-refractivity contribution in [2.24, 2.45) is 5.92 Å². The van der Waals surface area contributed by atoms with Crippen molar-refractivity contribution in [3.63, 3.8) is 0 Å². The van der Waals surface area contributed by atoms with Gasteiger partial charge in [-0.25, -0.2) is 4.98 Å². The first-order valence-electron chi connectivity index (χ1n) is 6.46. The van der Waals surface area contributed by atoms with Crippen molar-refractivity contribution < 1.29 is 5.11 Å². The molecule has 4 nitrogen and oxygen atoms in total. The lowest BCUT2D eigenvalue weighted by Crippen LogP contribution is -2.05. The third-order valence-corrected chi connectivity index (χ3v) is 3.14. The van der Waals surface area contributed by atoms with E-state index in [1.54, 1.807) is 6.20 Å². The molecule has 0 amide bonds. The minimum Gasteiger partial charge on any atom is -0.388 e. The van der Waals surface area contributed by atoms with Crippen LogP contribution in [0.1, 0.15) is 31.9 Å². The number of aromatic nitrogens is 3. The summed E-state index contributed by atoms with van der Waals surface area (Å²) < 4.78 is 4.21. The van der Waals surface area contributed by atoms with Gasteiger partial charge in [-0.05, 0) is 24.0 Å². The summed E-state index contributed by atoms with van der Waals surface area (Å²) in [5.74, 6) is 0.256. The summed E-state index contributed by atoms with van der Waals surface area (Å²) in [6.45, 7) is 5.99. The van der Waals surface area contributed by atoms with Crippen molar-refractivity contribution in [2.45, 2.75) is 39.5 Å². The second-order valence-electron chi connectivity index (χ2n) is 5.03. The van der Waals surface area contributed by atoms with Gasteiger partial charge in [0.25, 0.3) is 0 Å². The maximum absolute atomic E-state index is 9.96. The van der Waals surface area contributed by atoms with Crippen LogP contribution in [-0.2, 0) is 13.1 Å². The van der Waals surface area contributed by atoms with E-state index in [-0.39, 0.29) is 12.0 Å². The van der Waals surface area contributed by atoms with E-state index in [1.165, 1.54) is 0 Å². The molecule has 18 heavy (non-hydrogen) atoms. The zero-order valence-electron chi connectivity index (χ0n) is 11.0. The van der Waals surface area contributed by atoms with E-state index in [2.05, 4.69) is 14.1 Å². The van der Waals surface area contributed by atoms with Crippen molar-refractivity contribution in [3.8, 4) is 0 Å². The quantitative estimate of drug-likeness (QED) is 0.852. The number of rotatable bonds is 6. The molecule has 1 atom stereocenters. The average Bonchev–Trinajstić information content (AvgIpc) is 2.99. The lowest BCUT2D eigenvalue weighted by molar-refractivity contribution is 0.127. The van der Waals surface area contributed by atoms with E-state index >= 15 is 0 Å². The smallest absolute Gasteiger partial charge is 0.0945 e. The van der Waals surface area contributed by atoms with Crippen LogP contribution in [0.5, 0.6) is 0 Å². The van der Waals surface area contributed by atoms with Gasteiger partial charge in [0, 0.05) is 37.9 Å². The zero-order valence-corrected chi connectivity index (χ0v) is 11.0. The van der Waals surface area contributed by atoms with E-state index < -0.39 is 0 Å². The van der Waals surface area contributed by atoms with Crippen molar-refractivity contribution in [2.75, 3.05) is 0 Å². The van der Waals surface area contributed by atoms with Crippen LogP contribution in [0.25, 0.3) is 0 Å². The molecule has 0 saturated heterocycles. The number of hydrogen-bond donors (Lipinski definition) is 1. The Morgan fingerprint density at radius 2 is 2.00 bits per heavy atom. The Kier molecular flexibility index (Phi) is 4.20. The first kappa shape index (κ1) is 12.9. The molecule has 0 aliphatic rings. The highest BCUT2D eigenvalue weighted by molar-refractivity contribution is 5.14. The molecule has 1 unspecified atom stereocenters. The Hall–Kier alpha value is -1.55. The fourth-order valence-electron chi connectivity index (χ4n) is 2.01. The molecule has 98 valence electrons. The lowest BCUT2D eigenvalue weighted by Gasteiger charge is -2.12. The molecule has 0 aliphatic carbocycles. The number of imidazole rings is 1. The fraction of sp³-hybridized carbons (Fsp3) is 0.500. The molecule has 0 bridgehead atoms. The Morgan fingerprint density at radius 3 is 2.67 bits per heavy atom. The Labute approximate surface area is 108 Å². The SMILES string of the molecule is CC(C)C(O)c1ccn(CCCn2ccnc2)c1. The van der Waals surface area contributed by atoms with Gasteiger partial charge in [-0.2, -0.15) is 0 Å². The maximum atomic E-state index is 9.96. The Morgan fingerprint density at radius 1 is 1.22 bits per heavy atom. The minimum atomic E-state index is -0.361. The molecule has 4 heteroatoms. The Bertz CT molecular complexity index is 459. The topological polar surface area (TPSA) is 43.0 Å². The van der Waals surface area contributed by atoms with Gasteiger partial charge in [0.1, 0.15) is 0 Å². The average molecular weight is 247 g/mol. The van der Waals surface area contributed by atoms with Crippen LogP contribution in [0.4, 0.5) is 0 Å². The molecule has 0 aromatic carbocycles. The Balaban J connectivity index is 1.83.